The van der Waals surface area contributed by atoms with E-state index in [1.165, 1.54) is 5.56 Å². The van der Waals surface area contributed by atoms with E-state index in [-0.39, 0.29) is 5.91 Å². The minimum absolute atomic E-state index is 0.214. The van der Waals surface area contributed by atoms with E-state index in [4.69, 9.17) is 0 Å². The van der Waals surface area contributed by atoms with Crippen molar-refractivity contribution in [3.8, 4) is 0 Å². The quantitative estimate of drug-likeness (QED) is 0.852. The highest BCUT2D eigenvalue weighted by molar-refractivity contribution is 5.94. The third-order valence-electron chi connectivity index (χ3n) is 3.41. The predicted molar refractivity (Wildman–Crippen MR) is 73.4 cm³/mol. The first kappa shape index (κ1) is 14.2. The fraction of sp³-hybridized carbons (Fsp3) is 0.333. The van der Waals surface area contributed by atoms with Gasteiger partial charge in [-0.05, 0) is 24.5 Å². The van der Waals surface area contributed by atoms with Crippen LogP contribution in [0.1, 0.15) is 18.1 Å². The Morgan fingerprint density at radius 1 is 1.35 bits per heavy atom. The van der Waals surface area contributed by atoms with Gasteiger partial charge < -0.3 is 10.2 Å². The van der Waals surface area contributed by atoms with Crippen LogP contribution < -0.4 is 5.32 Å². The Balaban J connectivity index is 2.01. The van der Waals surface area contributed by atoms with Crippen molar-refractivity contribution in [1.29, 1.82) is 0 Å². The maximum Gasteiger partial charge on any atom is 0.280 e. The number of carbonyl (C=O) groups excluding carboxylic acids is 2. The molecular weight excluding hydrogens is 259 g/mol. The summed E-state index contributed by atoms with van der Waals surface area (Å²) in [7, 11) is 0. The van der Waals surface area contributed by atoms with Crippen molar-refractivity contribution in [2.75, 3.05) is 6.54 Å². The molecule has 2 rings (SSSR count). The molecule has 1 N–H and O–H groups in total. The molecule has 0 fully saturated rings. The number of hydrogen-bond donors (Lipinski definition) is 1. The SMILES string of the molecule is C=C(F)C(=O)N[C@H](C)C(=O)N1CCc2ccccc2C1. The van der Waals surface area contributed by atoms with Crippen molar-refractivity contribution in [2.45, 2.75) is 25.9 Å². The molecule has 2 amide bonds. The zero-order valence-electron chi connectivity index (χ0n) is 11.4. The van der Waals surface area contributed by atoms with Gasteiger partial charge in [0.1, 0.15) is 6.04 Å². The molecule has 1 heterocycles. The monoisotopic (exact) mass is 276 g/mol. The van der Waals surface area contributed by atoms with E-state index in [2.05, 4.69) is 18.0 Å². The largest absolute Gasteiger partial charge is 0.339 e. The molecule has 106 valence electrons. The van der Waals surface area contributed by atoms with Gasteiger partial charge in [0.15, 0.2) is 5.83 Å². The number of nitrogens with zero attached hydrogens (tertiary/aromatic N) is 1. The molecular formula is C15H17FN2O2. The topological polar surface area (TPSA) is 49.4 Å². The zero-order valence-corrected chi connectivity index (χ0v) is 11.4. The van der Waals surface area contributed by atoms with Crippen LogP contribution in [0.4, 0.5) is 4.39 Å². The molecule has 0 saturated carbocycles. The molecule has 4 nitrogen and oxygen atoms in total. The average molecular weight is 276 g/mol. The van der Waals surface area contributed by atoms with Gasteiger partial charge in [0, 0.05) is 13.1 Å². The van der Waals surface area contributed by atoms with Gasteiger partial charge in [-0.25, -0.2) is 4.39 Å². The van der Waals surface area contributed by atoms with Crippen LogP contribution in [-0.4, -0.2) is 29.3 Å². The molecule has 1 aromatic rings. The van der Waals surface area contributed by atoms with E-state index < -0.39 is 17.8 Å². The Morgan fingerprint density at radius 2 is 2.00 bits per heavy atom. The average Bonchev–Trinajstić information content (AvgIpc) is 2.45. The van der Waals surface area contributed by atoms with Crippen molar-refractivity contribution in [1.82, 2.24) is 10.2 Å². The van der Waals surface area contributed by atoms with Gasteiger partial charge in [0.2, 0.25) is 5.91 Å². The number of halogens is 1. The lowest BCUT2D eigenvalue weighted by molar-refractivity contribution is -0.136. The van der Waals surface area contributed by atoms with Crippen LogP contribution in [-0.2, 0) is 22.6 Å². The minimum Gasteiger partial charge on any atom is -0.339 e. The second-order valence-corrected chi connectivity index (χ2v) is 4.88. The highest BCUT2D eigenvalue weighted by atomic mass is 19.1. The molecule has 0 aliphatic carbocycles. The first-order valence-electron chi connectivity index (χ1n) is 6.50. The molecule has 0 aromatic heterocycles. The molecule has 1 atom stereocenters. The fourth-order valence-electron chi connectivity index (χ4n) is 2.29. The molecule has 20 heavy (non-hydrogen) atoms. The third kappa shape index (κ3) is 3.04. The third-order valence-corrected chi connectivity index (χ3v) is 3.41. The number of nitrogens with one attached hydrogen (secondary N) is 1. The summed E-state index contributed by atoms with van der Waals surface area (Å²) in [6.07, 6.45) is 0.790. The van der Waals surface area contributed by atoms with Gasteiger partial charge in [-0.1, -0.05) is 30.8 Å². The fourth-order valence-corrected chi connectivity index (χ4v) is 2.29. The van der Waals surface area contributed by atoms with Crippen LogP contribution in [0.2, 0.25) is 0 Å². The Bertz CT molecular complexity index is 557. The van der Waals surface area contributed by atoms with Gasteiger partial charge in [0.25, 0.3) is 5.91 Å². The summed E-state index contributed by atoms with van der Waals surface area (Å²) in [5.41, 5.74) is 2.35. The lowest BCUT2D eigenvalue weighted by Crippen LogP contribution is -2.48. The molecule has 0 saturated heterocycles. The van der Waals surface area contributed by atoms with Crippen LogP contribution in [0.3, 0.4) is 0 Å². The lowest BCUT2D eigenvalue weighted by atomic mass is 9.99. The number of benzene rings is 1. The molecule has 1 aromatic carbocycles. The number of fused-ring (bicyclic) bond motifs is 1. The van der Waals surface area contributed by atoms with E-state index in [9.17, 15) is 14.0 Å². The predicted octanol–water partition coefficient (Wildman–Crippen LogP) is 1.56. The number of amides is 2. The Kier molecular flexibility index (Phi) is 4.17. The molecule has 0 unspecified atom stereocenters. The summed E-state index contributed by atoms with van der Waals surface area (Å²) < 4.78 is 12.6. The van der Waals surface area contributed by atoms with E-state index in [0.29, 0.717) is 13.1 Å². The zero-order chi connectivity index (χ0) is 14.7. The Hall–Kier alpha value is -2.17. The Labute approximate surface area is 117 Å². The summed E-state index contributed by atoms with van der Waals surface area (Å²) in [6.45, 7) is 5.57. The highest BCUT2D eigenvalue weighted by Crippen LogP contribution is 2.19. The molecule has 1 aliphatic rings. The number of hydrogen-bond acceptors (Lipinski definition) is 2. The van der Waals surface area contributed by atoms with Gasteiger partial charge >= 0.3 is 0 Å². The smallest absolute Gasteiger partial charge is 0.280 e. The lowest BCUT2D eigenvalue weighted by Gasteiger charge is -2.31. The summed E-state index contributed by atoms with van der Waals surface area (Å²) in [4.78, 5) is 25.1. The normalized spacial score (nSPS) is 15.2. The van der Waals surface area contributed by atoms with Crippen LogP contribution in [0.15, 0.2) is 36.7 Å². The van der Waals surface area contributed by atoms with Crippen molar-refractivity contribution >= 4 is 11.8 Å². The van der Waals surface area contributed by atoms with Crippen molar-refractivity contribution in [2.24, 2.45) is 0 Å². The second-order valence-electron chi connectivity index (χ2n) is 4.88. The highest BCUT2D eigenvalue weighted by Gasteiger charge is 2.25. The van der Waals surface area contributed by atoms with Crippen LogP contribution in [0.5, 0.6) is 0 Å². The van der Waals surface area contributed by atoms with Gasteiger partial charge in [0.05, 0.1) is 0 Å². The molecule has 0 bridgehead atoms. The van der Waals surface area contributed by atoms with Crippen molar-refractivity contribution in [3.05, 3.63) is 47.8 Å². The Morgan fingerprint density at radius 3 is 2.65 bits per heavy atom. The van der Waals surface area contributed by atoms with Gasteiger partial charge in [-0.2, -0.15) is 0 Å². The summed E-state index contributed by atoms with van der Waals surface area (Å²) in [5.74, 6) is -2.24. The van der Waals surface area contributed by atoms with E-state index in [0.717, 1.165) is 12.0 Å². The van der Waals surface area contributed by atoms with Gasteiger partial charge in [-0.15, -0.1) is 0 Å². The number of rotatable bonds is 3. The number of carbonyl (C=O) groups is 2. The maximum atomic E-state index is 12.6. The van der Waals surface area contributed by atoms with Crippen LogP contribution in [0.25, 0.3) is 0 Å². The standard InChI is InChI=1S/C15H17FN2O2/c1-10(16)14(19)17-11(2)15(20)18-8-7-12-5-3-4-6-13(12)9-18/h3-6,11H,1,7-9H2,2H3,(H,17,19)/t11-/m1/s1. The van der Waals surface area contributed by atoms with Crippen molar-refractivity contribution in [3.63, 3.8) is 0 Å². The summed E-state index contributed by atoms with van der Waals surface area (Å²) >= 11 is 0. The molecule has 0 spiro atoms. The van der Waals surface area contributed by atoms with Crippen molar-refractivity contribution < 1.29 is 14.0 Å². The first-order chi connectivity index (χ1) is 9.49. The summed E-state index contributed by atoms with van der Waals surface area (Å²) in [5, 5.41) is 2.30. The summed E-state index contributed by atoms with van der Waals surface area (Å²) in [6, 6.07) is 7.19. The molecule has 1 aliphatic heterocycles. The first-order valence-corrected chi connectivity index (χ1v) is 6.50. The molecule has 5 heteroatoms. The van der Waals surface area contributed by atoms with Crippen LogP contribution >= 0.6 is 0 Å². The van der Waals surface area contributed by atoms with Crippen LogP contribution in [0, 0.1) is 0 Å². The maximum absolute atomic E-state index is 12.6. The molecule has 0 radical (unpaired) electrons. The van der Waals surface area contributed by atoms with Gasteiger partial charge in [-0.3, -0.25) is 9.59 Å². The second kappa shape index (κ2) is 5.86. The van der Waals surface area contributed by atoms with E-state index in [1.54, 1.807) is 11.8 Å². The van der Waals surface area contributed by atoms with E-state index in [1.807, 2.05) is 18.2 Å². The van der Waals surface area contributed by atoms with E-state index >= 15 is 0 Å². The minimum atomic E-state index is -1.09.